The van der Waals surface area contributed by atoms with E-state index in [2.05, 4.69) is 56.3 Å². The number of hydrogen-bond acceptors (Lipinski definition) is 3. The first-order valence-electron chi connectivity index (χ1n) is 10.9. The first kappa shape index (κ1) is 19.4. The fourth-order valence-electron chi connectivity index (χ4n) is 4.26. The van der Waals surface area contributed by atoms with Gasteiger partial charge < -0.3 is 4.98 Å². The van der Waals surface area contributed by atoms with E-state index >= 15 is 0 Å². The van der Waals surface area contributed by atoms with Gasteiger partial charge in [0.25, 0.3) is 0 Å². The molecule has 0 radical (unpaired) electrons. The minimum Gasteiger partial charge on any atom is -0.353 e. The van der Waals surface area contributed by atoms with Crippen LogP contribution in [-0.4, -0.2) is 25.1 Å². The second-order valence-electron chi connectivity index (χ2n) is 8.08. The topological polar surface area (TPSA) is 70.2 Å². The van der Waals surface area contributed by atoms with E-state index in [9.17, 15) is 4.39 Å². The van der Waals surface area contributed by atoms with Crippen molar-refractivity contribution in [2.24, 2.45) is 0 Å². The maximum Gasteiger partial charge on any atom is 0.123 e. The number of aryl methyl sites for hydroxylation is 1. The summed E-state index contributed by atoms with van der Waals surface area (Å²) in [5.74, 6) is -0.265. The van der Waals surface area contributed by atoms with Crippen LogP contribution in [-0.2, 0) is 6.42 Å². The molecule has 0 atom stereocenters. The lowest BCUT2D eigenvalue weighted by Gasteiger charge is -2.04. The Kier molecular flexibility index (Phi) is 4.50. The lowest BCUT2D eigenvalue weighted by molar-refractivity contribution is 0.628. The Morgan fingerprint density at radius 1 is 0.788 bits per heavy atom. The van der Waals surface area contributed by atoms with Crippen LogP contribution in [0.5, 0.6) is 0 Å². The third kappa shape index (κ3) is 3.36. The van der Waals surface area contributed by atoms with Crippen molar-refractivity contribution in [1.82, 2.24) is 25.1 Å². The Morgan fingerprint density at radius 3 is 2.45 bits per heavy atom. The molecule has 0 spiro atoms. The maximum atomic E-state index is 13.4. The fraction of sp³-hybridized carbons (Fsp3) is 0.0741. The van der Waals surface area contributed by atoms with Crippen LogP contribution in [0.25, 0.3) is 55.6 Å². The first-order chi connectivity index (χ1) is 16.2. The van der Waals surface area contributed by atoms with Crippen LogP contribution >= 0.6 is 0 Å². The van der Waals surface area contributed by atoms with Gasteiger partial charge in [-0.05, 0) is 72.1 Å². The van der Waals surface area contributed by atoms with Gasteiger partial charge in [-0.2, -0.15) is 5.10 Å². The Hall–Kier alpha value is -4.32. The molecule has 0 saturated carbocycles. The second kappa shape index (κ2) is 7.67. The molecule has 0 amide bonds. The number of aromatic nitrogens is 5. The van der Waals surface area contributed by atoms with E-state index in [1.165, 1.54) is 17.7 Å². The number of halogens is 1. The number of nitrogens with zero attached hydrogens (tertiary/aromatic N) is 3. The molecule has 6 aromatic rings. The SMILES string of the molecule is CCc1cncc(-c2ccc3[nH]nc(-c4cc5c(-c6ccc(F)cc6)nccc5[nH]4)c3c2)c1. The van der Waals surface area contributed by atoms with Crippen molar-refractivity contribution < 1.29 is 4.39 Å². The number of nitrogens with one attached hydrogen (secondary N) is 2. The molecule has 0 fully saturated rings. The molecule has 6 heteroatoms. The average molecular weight is 433 g/mol. The number of benzene rings is 2. The van der Waals surface area contributed by atoms with Crippen LogP contribution in [0, 0.1) is 5.82 Å². The summed E-state index contributed by atoms with van der Waals surface area (Å²) in [7, 11) is 0. The molecule has 5 nitrogen and oxygen atoms in total. The summed E-state index contributed by atoms with van der Waals surface area (Å²) >= 11 is 0. The van der Waals surface area contributed by atoms with E-state index in [1.54, 1.807) is 18.3 Å². The molecule has 6 rings (SSSR count). The van der Waals surface area contributed by atoms with E-state index in [0.29, 0.717) is 0 Å². The molecule has 33 heavy (non-hydrogen) atoms. The highest BCUT2D eigenvalue weighted by atomic mass is 19.1. The highest BCUT2D eigenvalue weighted by Gasteiger charge is 2.15. The van der Waals surface area contributed by atoms with Crippen molar-refractivity contribution in [2.45, 2.75) is 13.3 Å². The maximum absolute atomic E-state index is 13.4. The van der Waals surface area contributed by atoms with Gasteiger partial charge in [-0.25, -0.2) is 4.39 Å². The molecule has 0 aliphatic heterocycles. The monoisotopic (exact) mass is 433 g/mol. The summed E-state index contributed by atoms with van der Waals surface area (Å²) in [4.78, 5) is 12.4. The molecule has 2 N–H and O–H groups in total. The lowest BCUT2D eigenvalue weighted by Crippen LogP contribution is -1.86. The average Bonchev–Trinajstić information content (AvgIpc) is 3.48. The molecule has 0 bridgehead atoms. The quantitative estimate of drug-likeness (QED) is 0.332. The zero-order valence-corrected chi connectivity index (χ0v) is 17.9. The third-order valence-electron chi connectivity index (χ3n) is 6.02. The Morgan fingerprint density at radius 2 is 1.61 bits per heavy atom. The van der Waals surface area contributed by atoms with E-state index in [-0.39, 0.29) is 5.82 Å². The van der Waals surface area contributed by atoms with Gasteiger partial charge in [0.1, 0.15) is 11.5 Å². The molecule has 160 valence electrons. The van der Waals surface area contributed by atoms with Gasteiger partial charge in [0.2, 0.25) is 0 Å². The third-order valence-corrected chi connectivity index (χ3v) is 6.02. The Bertz CT molecular complexity index is 1610. The first-order valence-corrected chi connectivity index (χ1v) is 10.9. The summed E-state index contributed by atoms with van der Waals surface area (Å²) in [6.07, 6.45) is 6.50. The van der Waals surface area contributed by atoms with Crippen LogP contribution in [0.4, 0.5) is 4.39 Å². The predicted octanol–water partition coefficient (Wildman–Crippen LogP) is 6.54. The van der Waals surface area contributed by atoms with Gasteiger partial charge in [-0.1, -0.05) is 13.0 Å². The van der Waals surface area contributed by atoms with Crippen molar-refractivity contribution in [1.29, 1.82) is 0 Å². The fourth-order valence-corrected chi connectivity index (χ4v) is 4.26. The van der Waals surface area contributed by atoms with E-state index < -0.39 is 0 Å². The molecule has 2 aromatic carbocycles. The lowest BCUT2D eigenvalue weighted by atomic mass is 10.0. The minimum atomic E-state index is -0.265. The zero-order valence-electron chi connectivity index (χ0n) is 17.9. The molecular weight excluding hydrogens is 413 g/mol. The molecule has 0 aliphatic carbocycles. The minimum absolute atomic E-state index is 0.265. The summed E-state index contributed by atoms with van der Waals surface area (Å²) in [5, 5.41) is 9.73. The smallest absolute Gasteiger partial charge is 0.123 e. The summed E-state index contributed by atoms with van der Waals surface area (Å²) < 4.78 is 13.4. The zero-order chi connectivity index (χ0) is 22.4. The molecule has 4 aromatic heterocycles. The highest BCUT2D eigenvalue weighted by molar-refractivity contribution is 6.00. The number of hydrogen-bond donors (Lipinski definition) is 2. The summed E-state index contributed by atoms with van der Waals surface area (Å²) in [5.41, 5.74) is 8.70. The molecule has 0 unspecified atom stereocenters. The van der Waals surface area contributed by atoms with Gasteiger partial charge in [-0.15, -0.1) is 0 Å². The molecular formula is C27H20FN5. The van der Waals surface area contributed by atoms with Crippen LogP contribution < -0.4 is 0 Å². The van der Waals surface area contributed by atoms with E-state index in [1.807, 2.05) is 24.5 Å². The van der Waals surface area contributed by atoms with Gasteiger partial charge in [0.05, 0.1) is 16.9 Å². The number of fused-ring (bicyclic) bond motifs is 2. The molecule has 0 aliphatic rings. The van der Waals surface area contributed by atoms with E-state index in [4.69, 9.17) is 0 Å². The predicted molar refractivity (Wildman–Crippen MR) is 129 cm³/mol. The summed E-state index contributed by atoms with van der Waals surface area (Å²) in [6, 6.07) is 18.9. The van der Waals surface area contributed by atoms with Gasteiger partial charge in [-0.3, -0.25) is 15.1 Å². The van der Waals surface area contributed by atoms with Crippen LogP contribution in [0.3, 0.4) is 0 Å². The van der Waals surface area contributed by atoms with Gasteiger partial charge in [0, 0.05) is 46.0 Å². The standard InChI is InChI=1S/C27H20FN5/c1-2-16-11-19(15-29-14-16)18-5-8-24-21(12-18)27(33-32-24)25-13-22-23(31-25)9-10-30-26(22)17-3-6-20(28)7-4-17/h3-15,31H,2H2,1H3,(H,32,33). The van der Waals surface area contributed by atoms with Crippen LogP contribution in [0.15, 0.2) is 79.3 Å². The Labute approximate surface area is 189 Å². The van der Waals surface area contributed by atoms with Crippen molar-refractivity contribution in [3.05, 3.63) is 90.6 Å². The van der Waals surface area contributed by atoms with Crippen LogP contribution in [0.1, 0.15) is 12.5 Å². The van der Waals surface area contributed by atoms with Crippen molar-refractivity contribution >= 4 is 21.8 Å². The van der Waals surface area contributed by atoms with Gasteiger partial charge >= 0.3 is 0 Å². The largest absolute Gasteiger partial charge is 0.353 e. The second-order valence-corrected chi connectivity index (χ2v) is 8.08. The van der Waals surface area contributed by atoms with Crippen molar-refractivity contribution in [3.8, 4) is 33.8 Å². The highest BCUT2D eigenvalue weighted by Crippen LogP contribution is 2.34. The van der Waals surface area contributed by atoms with Crippen molar-refractivity contribution in [2.75, 3.05) is 0 Å². The van der Waals surface area contributed by atoms with E-state index in [0.717, 1.165) is 62.0 Å². The summed E-state index contributed by atoms with van der Waals surface area (Å²) in [6.45, 7) is 2.13. The van der Waals surface area contributed by atoms with Gasteiger partial charge in [0.15, 0.2) is 0 Å². The number of H-pyrrole nitrogens is 2. The molecule has 0 saturated heterocycles. The Balaban J connectivity index is 1.48. The normalized spacial score (nSPS) is 11.5. The number of aromatic amines is 2. The van der Waals surface area contributed by atoms with Crippen molar-refractivity contribution in [3.63, 3.8) is 0 Å². The number of pyridine rings is 2. The number of rotatable bonds is 4. The van der Waals surface area contributed by atoms with Crippen LogP contribution in [0.2, 0.25) is 0 Å². The molecule has 4 heterocycles.